The van der Waals surface area contributed by atoms with Gasteiger partial charge in [0.05, 0.1) is 23.4 Å². The third-order valence-corrected chi connectivity index (χ3v) is 6.66. The summed E-state index contributed by atoms with van der Waals surface area (Å²) >= 11 is 1.50. The summed E-state index contributed by atoms with van der Waals surface area (Å²) in [6, 6.07) is 5.33. The van der Waals surface area contributed by atoms with E-state index in [-0.39, 0.29) is 12.3 Å². The van der Waals surface area contributed by atoms with Crippen molar-refractivity contribution in [3.8, 4) is 5.13 Å². The number of halogens is 3. The van der Waals surface area contributed by atoms with Crippen LogP contribution in [0.15, 0.2) is 29.6 Å². The van der Waals surface area contributed by atoms with Crippen molar-refractivity contribution in [2.45, 2.75) is 33.4 Å². The van der Waals surface area contributed by atoms with Gasteiger partial charge < -0.3 is 9.80 Å². The molecule has 0 N–H and O–H groups in total. The molecule has 0 unspecified atom stereocenters. The number of hydrogen-bond acceptors (Lipinski definition) is 5. The van der Waals surface area contributed by atoms with E-state index >= 15 is 0 Å². The fourth-order valence-electron chi connectivity index (χ4n) is 3.91. The lowest BCUT2D eigenvalue weighted by Crippen LogP contribution is -2.49. The minimum absolute atomic E-state index is 0.00485. The summed E-state index contributed by atoms with van der Waals surface area (Å²) in [5, 5.41) is 7.30. The predicted molar refractivity (Wildman–Crippen MR) is 117 cm³/mol. The molecule has 0 bridgehead atoms. The van der Waals surface area contributed by atoms with Crippen LogP contribution in [-0.4, -0.2) is 51.8 Å². The van der Waals surface area contributed by atoms with E-state index in [1.165, 1.54) is 23.5 Å². The van der Waals surface area contributed by atoms with Gasteiger partial charge in [0, 0.05) is 48.5 Å². The maximum absolute atomic E-state index is 13.0. The van der Waals surface area contributed by atoms with Crippen LogP contribution in [-0.2, 0) is 17.4 Å². The molecule has 0 atom stereocenters. The Balaban J connectivity index is 1.41. The molecule has 1 aromatic carbocycles. The first-order chi connectivity index (χ1) is 15.1. The van der Waals surface area contributed by atoms with E-state index in [1.54, 1.807) is 15.6 Å². The Morgan fingerprint density at radius 1 is 1.12 bits per heavy atom. The van der Waals surface area contributed by atoms with E-state index < -0.39 is 11.7 Å². The predicted octanol–water partition coefficient (Wildman–Crippen LogP) is 4.16. The van der Waals surface area contributed by atoms with Gasteiger partial charge in [-0.1, -0.05) is 6.07 Å². The number of aryl methyl sites for hydroxylation is 2. The lowest BCUT2D eigenvalue weighted by Gasteiger charge is -2.36. The largest absolute Gasteiger partial charge is 0.416 e. The van der Waals surface area contributed by atoms with Gasteiger partial charge in [0.2, 0.25) is 11.0 Å². The van der Waals surface area contributed by atoms with Gasteiger partial charge in [0.15, 0.2) is 0 Å². The van der Waals surface area contributed by atoms with E-state index in [9.17, 15) is 18.0 Å². The van der Waals surface area contributed by atoms with Crippen molar-refractivity contribution in [3.05, 3.63) is 57.9 Å². The number of carbonyl (C=O) groups excluding carboxylic acids is 1. The molecule has 3 heterocycles. The SMILES string of the molecule is Cc1csc(-n2nc(C)c(CC(=O)N3CCN(c4cccc(C(F)(F)F)c4)CC3)c2C)n1. The molecule has 32 heavy (non-hydrogen) atoms. The average Bonchev–Trinajstić information content (AvgIpc) is 3.31. The van der Waals surface area contributed by atoms with E-state index in [1.807, 2.05) is 31.1 Å². The quantitative estimate of drug-likeness (QED) is 0.583. The third kappa shape index (κ3) is 4.50. The van der Waals surface area contributed by atoms with Crippen molar-refractivity contribution in [3.63, 3.8) is 0 Å². The summed E-state index contributed by atoms with van der Waals surface area (Å²) < 4.78 is 40.8. The van der Waals surface area contributed by atoms with Crippen LogP contribution in [0, 0.1) is 20.8 Å². The molecule has 3 aromatic rings. The maximum Gasteiger partial charge on any atom is 0.416 e. The van der Waals surface area contributed by atoms with Crippen molar-refractivity contribution in [1.82, 2.24) is 19.7 Å². The molecular weight excluding hydrogens is 439 g/mol. The van der Waals surface area contributed by atoms with Crippen LogP contribution in [0.1, 0.15) is 28.2 Å². The number of piperazine rings is 1. The summed E-state index contributed by atoms with van der Waals surface area (Å²) in [5.74, 6) is -0.00485. The second kappa shape index (κ2) is 8.57. The molecule has 10 heteroatoms. The molecule has 170 valence electrons. The van der Waals surface area contributed by atoms with Gasteiger partial charge in [-0.2, -0.15) is 18.3 Å². The number of amides is 1. The number of alkyl halides is 3. The van der Waals surface area contributed by atoms with Crippen LogP contribution in [0.2, 0.25) is 0 Å². The minimum Gasteiger partial charge on any atom is -0.368 e. The summed E-state index contributed by atoms with van der Waals surface area (Å²) in [5.41, 5.74) is 3.38. The Hall–Kier alpha value is -2.88. The zero-order valence-electron chi connectivity index (χ0n) is 18.1. The normalized spacial score (nSPS) is 14.8. The van der Waals surface area contributed by atoms with Crippen LogP contribution in [0.25, 0.3) is 5.13 Å². The van der Waals surface area contributed by atoms with Crippen LogP contribution in [0.5, 0.6) is 0 Å². The Kier molecular flexibility index (Phi) is 5.98. The topological polar surface area (TPSA) is 54.3 Å². The van der Waals surface area contributed by atoms with Crippen molar-refractivity contribution < 1.29 is 18.0 Å². The number of anilines is 1. The molecule has 0 saturated carbocycles. The van der Waals surface area contributed by atoms with Crippen LogP contribution in [0.3, 0.4) is 0 Å². The number of hydrogen-bond donors (Lipinski definition) is 0. The first-order valence-corrected chi connectivity index (χ1v) is 11.2. The zero-order valence-corrected chi connectivity index (χ0v) is 18.9. The summed E-state index contributed by atoms with van der Waals surface area (Å²) in [4.78, 5) is 21.1. The molecule has 0 radical (unpaired) electrons. The Morgan fingerprint density at radius 2 is 1.84 bits per heavy atom. The van der Waals surface area contributed by atoms with Gasteiger partial charge in [-0.15, -0.1) is 11.3 Å². The summed E-state index contributed by atoms with van der Waals surface area (Å²) in [6.07, 6.45) is -4.13. The molecule has 0 spiro atoms. The third-order valence-electron chi connectivity index (χ3n) is 5.73. The van der Waals surface area contributed by atoms with Gasteiger partial charge >= 0.3 is 6.18 Å². The average molecular weight is 464 g/mol. The number of nitrogens with zero attached hydrogens (tertiary/aromatic N) is 5. The number of carbonyl (C=O) groups is 1. The molecule has 2 aromatic heterocycles. The second-order valence-corrected chi connectivity index (χ2v) is 8.76. The van der Waals surface area contributed by atoms with Crippen molar-refractivity contribution in [1.29, 1.82) is 0 Å². The van der Waals surface area contributed by atoms with Crippen molar-refractivity contribution in [2.24, 2.45) is 0 Å². The molecule has 1 aliphatic rings. The molecule has 1 saturated heterocycles. The van der Waals surface area contributed by atoms with E-state index in [0.717, 1.165) is 33.8 Å². The monoisotopic (exact) mass is 463 g/mol. The highest BCUT2D eigenvalue weighted by Gasteiger charge is 2.31. The van der Waals surface area contributed by atoms with Gasteiger partial charge in [0.25, 0.3) is 0 Å². The molecule has 1 amide bonds. The van der Waals surface area contributed by atoms with Gasteiger partial charge in [0.1, 0.15) is 0 Å². The Morgan fingerprint density at radius 3 is 2.47 bits per heavy atom. The molecule has 1 aliphatic heterocycles. The minimum atomic E-state index is -4.37. The van der Waals surface area contributed by atoms with E-state index in [0.29, 0.717) is 31.9 Å². The zero-order chi connectivity index (χ0) is 23.0. The highest BCUT2D eigenvalue weighted by molar-refractivity contribution is 7.12. The fourth-order valence-corrected chi connectivity index (χ4v) is 4.71. The highest BCUT2D eigenvalue weighted by atomic mass is 32.1. The summed E-state index contributed by atoms with van der Waals surface area (Å²) in [6.45, 7) is 7.66. The van der Waals surface area contributed by atoms with E-state index in [2.05, 4.69) is 10.1 Å². The molecule has 6 nitrogen and oxygen atoms in total. The van der Waals surface area contributed by atoms with Crippen molar-refractivity contribution >= 4 is 22.9 Å². The smallest absolute Gasteiger partial charge is 0.368 e. The Bertz CT molecular complexity index is 1130. The van der Waals surface area contributed by atoms with Crippen molar-refractivity contribution in [2.75, 3.05) is 31.1 Å². The van der Waals surface area contributed by atoms with Gasteiger partial charge in [-0.25, -0.2) is 9.67 Å². The number of rotatable bonds is 4. The number of aromatic nitrogens is 3. The van der Waals surface area contributed by atoms with Crippen LogP contribution < -0.4 is 4.90 Å². The maximum atomic E-state index is 13.0. The molecular formula is C22H24F3N5OS. The standard InChI is InChI=1S/C22H24F3N5OS/c1-14-13-32-21(26-14)30-16(3)19(15(2)27-30)12-20(31)29-9-7-28(8-10-29)18-6-4-5-17(11-18)22(23,24)25/h4-6,11,13H,7-10,12H2,1-3H3. The fraction of sp³-hybridized carbons (Fsp3) is 0.409. The molecule has 0 aliphatic carbocycles. The molecule has 4 rings (SSSR count). The highest BCUT2D eigenvalue weighted by Crippen LogP contribution is 2.32. The number of benzene rings is 1. The Labute approximate surface area is 188 Å². The lowest BCUT2D eigenvalue weighted by atomic mass is 10.1. The first kappa shape index (κ1) is 22.3. The van der Waals surface area contributed by atoms with E-state index in [4.69, 9.17) is 0 Å². The van der Waals surface area contributed by atoms with Gasteiger partial charge in [-0.05, 0) is 39.0 Å². The number of thiazole rings is 1. The lowest BCUT2D eigenvalue weighted by molar-refractivity contribution is -0.137. The first-order valence-electron chi connectivity index (χ1n) is 10.3. The molecule has 1 fully saturated rings. The second-order valence-electron chi connectivity index (χ2n) is 7.93. The van der Waals surface area contributed by atoms with Crippen LogP contribution in [0.4, 0.5) is 18.9 Å². The van der Waals surface area contributed by atoms with Crippen LogP contribution >= 0.6 is 11.3 Å². The van der Waals surface area contributed by atoms with Gasteiger partial charge in [-0.3, -0.25) is 4.79 Å². The summed E-state index contributed by atoms with van der Waals surface area (Å²) in [7, 11) is 0.